The Kier molecular flexibility index (Phi) is 4.08. The molecule has 15 heavy (non-hydrogen) atoms. The molecule has 1 aromatic rings. The molecule has 0 heterocycles. The van der Waals surface area contributed by atoms with Crippen LogP contribution in [0.3, 0.4) is 0 Å². The summed E-state index contributed by atoms with van der Waals surface area (Å²) < 4.78 is 4.30. The van der Waals surface area contributed by atoms with E-state index in [0.717, 1.165) is 7.11 Å². The standard InChI is InChI=1S/C10H11ClO4/c1-15-10(14)9(13)8(12)6-4-2-3-5-7(6)11/h2-5,8-9,12-13H,1H3/t8-,9+/m0/s1. The van der Waals surface area contributed by atoms with Crippen LogP contribution in [0.2, 0.25) is 5.02 Å². The number of carbonyl (C=O) groups excluding carboxylic acids is 1. The topological polar surface area (TPSA) is 66.8 Å². The maximum atomic E-state index is 11.0. The quantitative estimate of drug-likeness (QED) is 0.758. The number of aliphatic hydroxyl groups is 2. The van der Waals surface area contributed by atoms with Crippen molar-refractivity contribution in [3.63, 3.8) is 0 Å². The van der Waals surface area contributed by atoms with Crippen LogP contribution in [0.15, 0.2) is 24.3 Å². The maximum absolute atomic E-state index is 11.0. The van der Waals surface area contributed by atoms with E-state index in [1.807, 2.05) is 0 Å². The minimum Gasteiger partial charge on any atom is -0.467 e. The molecule has 82 valence electrons. The van der Waals surface area contributed by atoms with Crippen molar-refractivity contribution in [1.29, 1.82) is 0 Å². The average molecular weight is 231 g/mol. The van der Waals surface area contributed by atoms with Crippen molar-refractivity contribution >= 4 is 17.6 Å². The van der Waals surface area contributed by atoms with E-state index in [4.69, 9.17) is 11.6 Å². The minimum absolute atomic E-state index is 0.285. The monoisotopic (exact) mass is 230 g/mol. The summed E-state index contributed by atoms with van der Waals surface area (Å²) in [5, 5.41) is 19.3. The van der Waals surface area contributed by atoms with Gasteiger partial charge in [-0.1, -0.05) is 29.8 Å². The van der Waals surface area contributed by atoms with Gasteiger partial charge in [0.25, 0.3) is 0 Å². The molecule has 5 heteroatoms. The Balaban J connectivity index is 2.89. The highest BCUT2D eigenvalue weighted by molar-refractivity contribution is 6.31. The van der Waals surface area contributed by atoms with Crippen molar-refractivity contribution in [3.05, 3.63) is 34.9 Å². The van der Waals surface area contributed by atoms with Crippen molar-refractivity contribution in [2.45, 2.75) is 12.2 Å². The number of methoxy groups -OCH3 is 1. The fourth-order valence-corrected chi connectivity index (χ4v) is 1.38. The number of benzene rings is 1. The molecule has 0 spiro atoms. The van der Waals surface area contributed by atoms with Gasteiger partial charge in [0.2, 0.25) is 0 Å². The van der Waals surface area contributed by atoms with E-state index in [0.29, 0.717) is 0 Å². The van der Waals surface area contributed by atoms with Crippen molar-refractivity contribution in [1.82, 2.24) is 0 Å². The second-order valence-electron chi connectivity index (χ2n) is 2.93. The first-order valence-electron chi connectivity index (χ1n) is 4.26. The Hall–Kier alpha value is -1.10. The van der Waals surface area contributed by atoms with E-state index in [-0.39, 0.29) is 10.6 Å². The van der Waals surface area contributed by atoms with E-state index in [1.54, 1.807) is 18.2 Å². The molecule has 0 unspecified atom stereocenters. The molecule has 0 amide bonds. The lowest BCUT2D eigenvalue weighted by Gasteiger charge is -2.16. The van der Waals surface area contributed by atoms with E-state index >= 15 is 0 Å². The first-order chi connectivity index (χ1) is 7.07. The number of ether oxygens (including phenoxy) is 1. The molecule has 2 atom stereocenters. The second-order valence-corrected chi connectivity index (χ2v) is 3.34. The molecule has 0 fully saturated rings. The summed E-state index contributed by atoms with van der Waals surface area (Å²) in [6.07, 6.45) is -3.01. The third-order valence-corrected chi connectivity index (χ3v) is 2.31. The summed E-state index contributed by atoms with van der Waals surface area (Å²) in [6.45, 7) is 0. The molecule has 4 nitrogen and oxygen atoms in total. The van der Waals surface area contributed by atoms with Gasteiger partial charge in [0, 0.05) is 10.6 Å². The van der Waals surface area contributed by atoms with Gasteiger partial charge in [0.1, 0.15) is 6.10 Å². The lowest BCUT2D eigenvalue weighted by Crippen LogP contribution is -2.29. The molecule has 0 radical (unpaired) electrons. The predicted molar refractivity (Wildman–Crippen MR) is 54.4 cm³/mol. The largest absolute Gasteiger partial charge is 0.467 e. The number of aliphatic hydroxyl groups excluding tert-OH is 2. The third kappa shape index (κ3) is 2.68. The zero-order valence-electron chi connectivity index (χ0n) is 8.05. The van der Waals surface area contributed by atoms with Gasteiger partial charge in [-0.3, -0.25) is 0 Å². The highest BCUT2D eigenvalue weighted by Crippen LogP contribution is 2.25. The van der Waals surface area contributed by atoms with Crippen LogP contribution in [-0.4, -0.2) is 29.4 Å². The average Bonchev–Trinajstić information content (AvgIpc) is 2.26. The molecule has 0 aromatic heterocycles. The van der Waals surface area contributed by atoms with Gasteiger partial charge in [0.15, 0.2) is 6.10 Å². The Labute approximate surface area is 92.1 Å². The molecule has 1 rings (SSSR count). The molecular formula is C10H11ClO4. The van der Waals surface area contributed by atoms with Crippen molar-refractivity contribution in [2.75, 3.05) is 7.11 Å². The summed E-state index contributed by atoms with van der Waals surface area (Å²) in [5.74, 6) is -0.901. The zero-order chi connectivity index (χ0) is 11.4. The van der Waals surface area contributed by atoms with Crippen LogP contribution in [0.25, 0.3) is 0 Å². The van der Waals surface area contributed by atoms with Gasteiger partial charge in [-0.15, -0.1) is 0 Å². The molecule has 1 aromatic carbocycles. The number of hydrogen-bond acceptors (Lipinski definition) is 4. The van der Waals surface area contributed by atoms with E-state index in [2.05, 4.69) is 4.74 Å². The van der Waals surface area contributed by atoms with E-state index in [1.165, 1.54) is 6.07 Å². The lowest BCUT2D eigenvalue weighted by atomic mass is 10.0. The van der Waals surface area contributed by atoms with Gasteiger partial charge in [0.05, 0.1) is 7.11 Å². The summed E-state index contributed by atoms with van der Waals surface area (Å²) in [6, 6.07) is 6.42. The maximum Gasteiger partial charge on any atom is 0.337 e. The van der Waals surface area contributed by atoms with Crippen LogP contribution in [0.1, 0.15) is 11.7 Å². The number of halogens is 1. The van der Waals surface area contributed by atoms with Crippen LogP contribution in [0.5, 0.6) is 0 Å². The Morgan fingerprint density at radius 1 is 1.40 bits per heavy atom. The summed E-state index contributed by atoms with van der Waals surface area (Å²) in [7, 11) is 1.13. The van der Waals surface area contributed by atoms with Crippen molar-refractivity contribution < 1.29 is 19.7 Å². The Morgan fingerprint density at radius 3 is 2.53 bits per heavy atom. The van der Waals surface area contributed by atoms with Crippen LogP contribution in [-0.2, 0) is 9.53 Å². The fraction of sp³-hybridized carbons (Fsp3) is 0.300. The van der Waals surface area contributed by atoms with Gasteiger partial charge >= 0.3 is 5.97 Å². The van der Waals surface area contributed by atoms with E-state index < -0.39 is 18.2 Å². The number of esters is 1. The van der Waals surface area contributed by atoms with E-state index in [9.17, 15) is 15.0 Å². The molecule has 2 N–H and O–H groups in total. The SMILES string of the molecule is COC(=O)[C@H](O)[C@@H](O)c1ccccc1Cl. The van der Waals surface area contributed by atoms with Gasteiger partial charge in [-0.25, -0.2) is 4.79 Å². The number of hydrogen-bond donors (Lipinski definition) is 2. The summed E-state index contributed by atoms with van der Waals surface area (Å²) >= 11 is 5.79. The molecular weight excluding hydrogens is 220 g/mol. The van der Waals surface area contributed by atoms with Crippen molar-refractivity contribution in [2.24, 2.45) is 0 Å². The van der Waals surface area contributed by atoms with Gasteiger partial charge < -0.3 is 14.9 Å². The Bertz CT molecular complexity index is 353. The molecule has 0 saturated carbocycles. The Morgan fingerprint density at radius 2 is 2.00 bits per heavy atom. The van der Waals surface area contributed by atoms with Crippen LogP contribution >= 0.6 is 11.6 Å². The molecule has 0 bridgehead atoms. The predicted octanol–water partition coefficient (Wildman–Crippen LogP) is 0.907. The molecule has 0 aliphatic carbocycles. The molecule has 0 aliphatic heterocycles. The zero-order valence-corrected chi connectivity index (χ0v) is 8.81. The van der Waals surface area contributed by atoms with Crippen LogP contribution in [0, 0.1) is 0 Å². The first-order valence-corrected chi connectivity index (χ1v) is 4.64. The number of rotatable bonds is 3. The summed E-state index contributed by atoms with van der Waals surface area (Å²) in [4.78, 5) is 11.0. The second kappa shape index (κ2) is 5.11. The normalized spacial score (nSPS) is 14.4. The highest BCUT2D eigenvalue weighted by atomic mass is 35.5. The minimum atomic E-state index is -1.63. The van der Waals surface area contributed by atoms with Crippen LogP contribution in [0.4, 0.5) is 0 Å². The molecule has 0 aliphatic rings. The third-order valence-electron chi connectivity index (χ3n) is 1.97. The van der Waals surface area contributed by atoms with Crippen LogP contribution < -0.4 is 0 Å². The number of carbonyl (C=O) groups is 1. The first kappa shape index (κ1) is 12.0. The fourth-order valence-electron chi connectivity index (χ4n) is 1.13. The van der Waals surface area contributed by atoms with Gasteiger partial charge in [-0.2, -0.15) is 0 Å². The molecule has 0 saturated heterocycles. The highest BCUT2D eigenvalue weighted by Gasteiger charge is 2.27. The van der Waals surface area contributed by atoms with Gasteiger partial charge in [-0.05, 0) is 6.07 Å². The van der Waals surface area contributed by atoms with Crippen molar-refractivity contribution in [3.8, 4) is 0 Å². The summed E-state index contributed by atoms with van der Waals surface area (Å²) in [5.41, 5.74) is 0.289. The smallest absolute Gasteiger partial charge is 0.337 e. The lowest BCUT2D eigenvalue weighted by molar-refractivity contribution is -0.156.